The first-order chi connectivity index (χ1) is 18.0. The van der Waals surface area contributed by atoms with Gasteiger partial charge in [-0.2, -0.15) is 8.42 Å². The summed E-state index contributed by atoms with van der Waals surface area (Å²) in [5, 5.41) is 2.76. The molecule has 0 aliphatic carbocycles. The van der Waals surface area contributed by atoms with Crippen molar-refractivity contribution in [2.75, 3.05) is 19.0 Å². The molecule has 0 spiro atoms. The van der Waals surface area contributed by atoms with Crippen molar-refractivity contribution in [1.29, 1.82) is 0 Å². The van der Waals surface area contributed by atoms with E-state index in [2.05, 4.69) is 5.32 Å². The van der Waals surface area contributed by atoms with Gasteiger partial charge < -0.3 is 19.0 Å². The Bertz CT molecular complexity index is 1460. The maximum absolute atomic E-state index is 12.9. The van der Waals surface area contributed by atoms with E-state index in [-0.39, 0.29) is 22.3 Å². The van der Waals surface area contributed by atoms with Gasteiger partial charge in [-0.1, -0.05) is 50.2 Å². The molecule has 38 heavy (non-hydrogen) atoms. The third kappa shape index (κ3) is 7.45. The number of anilines is 1. The first-order valence-corrected chi connectivity index (χ1v) is 13.3. The highest BCUT2D eigenvalue weighted by Crippen LogP contribution is 2.32. The average molecular weight is 538 g/mol. The number of amides is 1. The first-order valence-electron chi connectivity index (χ1n) is 11.9. The molecular weight excluding hydrogens is 506 g/mol. The Hall–Kier alpha value is -4.11. The van der Waals surface area contributed by atoms with E-state index in [1.165, 1.54) is 25.3 Å². The van der Waals surface area contributed by atoms with Crippen LogP contribution in [0.15, 0.2) is 71.6 Å². The molecule has 0 saturated heterocycles. The number of hydrogen-bond donors (Lipinski definition) is 1. The van der Waals surface area contributed by atoms with Crippen molar-refractivity contribution in [3.05, 3.63) is 89.0 Å². The number of para-hydroxylation sites is 1. The second-order valence-corrected chi connectivity index (χ2v) is 10.5. The van der Waals surface area contributed by atoms with Crippen LogP contribution in [0.1, 0.15) is 42.0 Å². The van der Waals surface area contributed by atoms with Crippen LogP contribution in [-0.4, -0.2) is 34.0 Å². The Morgan fingerprint density at radius 1 is 0.974 bits per heavy atom. The minimum Gasteiger partial charge on any atom is -0.493 e. The summed E-state index contributed by atoms with van der Waals surface area (Å²) in [4.78, 5) is 24.5. The minimum atomic E-state index is -4.09. The number of carbonyl (C=O) groups is 2. The van der Waals surface area contributed by atoms with E-state index < -0.39 is 28.6 Å². The molecular formula is C29H31NO7S. The topological polar surface area (TPSA) is 108 Å². The first kappa shape index (κ1) is 28.5. The van der Waals surface area contributed by atoms with Gasteiger partial charge in [0.1, 0.15) is 4.90 Å². The number of benzene rings is 3. The van der Waals surface area contributed by atoms with E-state index in [1.807, 2.05) is 38.1 Å². The summed E-state index contributed by atoms with van der Waals surface area (Å²) in [6.45, 7) is 7.08. The molecule has 0 aliphatic heterocycles. The Balaban J connectivity index is 1.63. The van der Waals surface area contributed by atoms with E-state index in [0.717, 1.165) is 17.2 Å². The van der Waals surface area contributed by atoms with Crippen molar-refractivity contribution in [2.45, 2.75) is 38.5 Å². The fraction of sp³-hybridized carbons (Fsp3) is 0.241. The number of ether oxygens (including phenoxy) is 2. The van der Waals surface area contributed by atoms with Gasteiger partial charge in [-0.05, 0) is 72.4 Å². The molecule has 3 rings (SSSR count). The summed E-state index contributed by atoms with van der Waals surface area (Å²) in [6.07, 6.45) is 2.62. The van der Waals surface area contributed by atoms with Crippen LogP contribution >= 0.6 is 0 Å². The van der Waals surface area contributed by atoms with E-state index in [1.54, 1.807) is 38.1 Å². The minimum absolute atomic E-state index is 0.00600. The molecule has 0 radical (unpaired) electrons. The quantitative estimate of drug-likeness (QED) is 0.210. The lowest BCUT2D eigenvalue weighted by atomic mass is 10.0. The number of aryl methyl sites for hydroxylation is 2. The zero-order valence-electron chi connectivity index (χ0n) is 22.0. The van der Waals surface area contributed by atoms with Gasteiger partial charge in [-0.15, -0.1) is 0 Å². The molecule has 1 N–H and O–H groups in total. The van der Waals surface area contributed by atoms with Gasteiger partial charge in [-0.25, -0.2) is 4.79 Å². The average Bonchev–Trinajstić information content (AvgIpc) is 2.88. The Kier molecular flexibility index (Phi) is 9.30. The Labute approximate surface area is 223 Å². The smallest absolute Gasteiger partial charge is 0.339 e. The summed E-state index contributed by atoms with van der Waals surface area (Å²) < 4.78 is 41.4. The third-order valence-corrected chi connectivity index (χ3v) is 6.99. The fourth-order valence-corrected chi connectivity index (χ4v) is 4.90. The van der Waals surface area contributed by atoms with Gasteiger partial charge in [0.15, 0.2) is 18.1 Å². The van der Waals surface area contributed by atoms with Crippen LogP contribution < -0.4 is 14.2 Å². The molecule has 0 aliphatic rings. The van der Waals surface area contributed by atoms with Crippen molar-refractivity contribution < 1.29 is 31.7 Å². The molecule has 200 valence electrons. The molecule has 0 heterocycles. The van der Waals surface area contributed by atoms with Crippen LogP contribution in [0.4, 0.5) is 5.69 Å². The second-order valence-electron chi connectivity index (χ2n) is 8.95. The summed E-state index contributed by atoms with van der Waals surface area (Å²) in [7, 11) is -2.71. The monoisotopic (exact) mass is 537 g/mol. The van der Waals surface area contributed by atoms with Crippen LogP contribution in [0.2, 0.25) is 0 Å². The number of methoxy groups -OCH3 is 1. The standard InChI is InChI=1S/C29H31NO7S/c1-19(2)23-8-6-7-9-24(23)30-28(31)18-36-29(32)15-13-22-12-14-25(26(17-22)35-5)37-38(33,34)27-16-20(3)10-11-21(27)4/h6-17,19H,18H2,1-5H3,(H,30,31). The zero-order valence-corrected chi connectivity index (χ0v) is 22.8. The molecule has 9 heteroatoms. The normalized spacial score (nSPS) is 11.4. The third-order valence-electron chi connectivity index (χ3n) is 5.61. The highest BCUT2D eigenvalue weighted by atomic mass is 32.2. The SMILES string of the molecule is COc1cc(C=CC(=O)OCC(=O)Nc2ccccc2C(C)C)ccc1OS(=O)(=O)c1cc(C)ccc1C. The molecule has 0 aromatic heterocycles. The Morgan fingerprint density at radius 2 is 1.71 bits per heavy atom. The van der Waals surface area contributed by atoms with Crippen LogP contribution in [-0.2, 0) is 24.4 Å². The maximum Gasteiger partial charge on any atom is 0.339 e. The number of hydrogen-bond acceptors (Lipinski definition) is 7. The van der Waals surface area contributed by atoms with Gasteiger partial charge in [0, 0.05) is 11.8 Å². The predicted octanol–water partition coefficient (Wildman–Crippen LogP) is 5.40. The van der Waals surface area contributed by atoms with E-state index >= 15 is 0 Å². The molecule has 3 aromatic rings. The van der Waals surface area contributed by atoms with Gasteiger partial charge >= 0.3 is 16.1 Å². The van der Waals surface area contributed by atoms with Crippen molar-refractivity contribution in [1.82, 2.24) is 0 Å². The second kappa shape index (κ2) is 12.4. The lowest BCUT2D eigenvalue weighted by Gasteiger charge is -2.13. The molecule has 0 fully saturated rings. The van der Waals surface area contributed by atoms with Crippen LogP contribution in [0.3, 0.4) is 0 Å². The van der Waals surface area contributed by atoms with Crippen molar-refractivity contribution >= 4 is 33.8 Å². The van der Waals surface area contributed by atoms with Crippen molar-refractivity contribution in [2.24, 2.45) is 0 Å². The largest absolute Gasteiger partial charge is 0.493 e. The predicted molar refractivity (Wildman–Crippen MR) is 146 cm³/mol. The highest BCUT2D eigenvalue weighted by molar-refractivity contribution is 7.87. The molecule has 0 bridgehead atoms. The van der Waals surface area contributed by atoms with Gasteiger partial charge in [-0.3, -0.25) is 4.79 Å². The molecule has 0 saturated carbocycles. The van der Waals surface area contributed by atoms with Gasteiger partial charge in [0.25, 0.3) is 5.91 Å². The molecule has 0 atom stereocenters. The molecule has 3 aromatic carbocycles. The van der Waals surface area contributed by atoms with Gasteiger partial charge in [0.2, 0.25) is 0 Å². The van der Waals surface area contributed by atoms with Crippen molar-refractivity contribution in [3.63, 3.8) is 0 Å². The highest BCUT2D eigenvalue weighted by Gasteiger charge is 2.21. The van der Waals surface area contributed by atoms with E-state index in [4.69, 9.17) is 13.7 Å². The van der Waals surface area contributed by atoms with E-state index in [9.17, 15) is 18.0 Å². The maximum atomic E-state index is 12.9. The van der Waals surface area contributed by atoms with Crippen LogP contribution in [0.5, 0.6) is 11.5 Å². The fourth-order valence-electron chi connectivity index (χ4n) is 3.65. The number of rotatable bonds is 10. The van der Waals surface area contributed by atoms with Gasteiger partial charge in [0.05, 0.1) is 7.11 Å². The van der Waals surface area contributed by atoms with E-state index in [0.29, 0.717) is 16.8 Å². The summed E-state index contributed by atoms with van der Waals surface area (Å²) in [5.41, 5.74) is 3.54. The molecule has 8 nitrogen and oxygen atoms in total. The number of carbonyl (C=O) groups excluding carboxylic acids is 2. The Morgan fingerprint density at radius 3 is 2.42 bits per heavy atom. The summed E-state index contributed by atoms with van der Waals surface area (Å²) in [6, 6.07) is 17.0. The van der Waals surface area contributed by atoms with Crippen LogP contribution in [0.25, 0.3) is 6.08 Å². The van der Waals surface area contributed by atoms with Crippen LogP contribution in [0, 0.1) is 13.8 Å². The summed E-state index contributed by atoms with van der Waals surface area (Å²) in [5.74, 6) is -0.774. The zero-order chi connectivity index (χ0) is 27.9. The lowest BCUT2D eigenvalue weighted by Crippen LogP contribution is -2.21. The number of esters is 1. The molecule has 1 amide bonds. The van der Waals surface area contributed by atoms with Crippen molar-refractivity contribution in [3.8, 4) is 11.5 Å². The molecule has 0 unspecified atom stereocenters. The lowest BCUT2D eigenvalue weighted by molar-refractivity contribution is -0.142. The number of nitrogens with one attached hydrogen (secondary N) is 1. The summed E-state index contributed by atoms with van der Waals surface area (Å²) >= 11 is 0.